The minimum atomic E-state index is -3.56. The van der Waals surface area contributed by atoms with Crippen molar-refractivity contribution >= 4 is 10.0 Å². The fourth-order valence-corrected chi connectivity index (χ4v) is 3.30. The van der Waals surface area contributed by atoms with E-state index in [1.165, 1.54) is 18.1 Å². The Bertz CT molecular complexity index is 661. The van der Waals surface area contributed by atoms with Crippen molar-refractivity contribution in [3.8, 4) is 0 Å². The maximum Gasteiger partial charge on any atom is 0.258 e. The number of benzene rings is 1. The smallest absolute Gasteiger partial charge is 0.258 e. The van der Waals surface area contributed by atoms with E-state index >= 15 is 0 Å². The molecule has 1 unspecified atom stereocenters. The highest BCUT2D eigenvalue weighted by Crippen LogP contribution is 2.17. The minimum absolute atomic E-state index is 0.0748. The molecule has 0 radical (unpaired) electrons. The summed E-state index contributed by atoms with van der Waals surface area (Å²) in [5, 5.41) is 0.0748. The Morgan fingerprint density at radius 2 is 1.86 bits per heavy atom. The van der Waals surface area contributed by atoms with Gasteiger partial charge in [0.05, 0.1) is 12.5 Å². The summed E-state index contributed by atoms with van der Waals surface area (Å²) in [6, 6.07) is 7.74. The van der Waals surface area contributed by atoms with E-state index in [0.717, 1.165) is 12.0 Å². The van der Waals surface area contributed by atoms with Crippen LogP contribution in [0.25, 0.3) is 0 Å². The second-order valence-corrected chi connectivity index (χ2v) is 7.28. The van der Waals surface area contributed by atoms with Gasteiger partial charge in [-0.15, -0.1) is 0 Å². The molecular weight excluding hydrogens is 286 g/mol. The lowest BCUT2D eigenvalue weighted by atomic mass is 10.0. The molecule has 0 aliphatic heterocycles. The molecule has 0 saturated heterocycles. The van der Waals surface area contributed by atoms with Crippen LogP contribution in [0.15, 0.2) is 41.8 Å². The topological polar surface area (TPSA) is 74.8 Å². The number of aromatic nitrogens is 2. The van der Waals surface area contributed by atoms with Crippen molar-refractivity contribution in [3.05, 3.63) is 47.9 Å². The van der Waals surface area contributed by atoms with Crippen LogP contribution in [0.1, 0.15) is 37.9 Å². The van der Waals surface area contributed by atoms with Crippen molar-refractivity contribution in [2.24, 2.45) is 5.92 Å². The third-order valence-corrected chi connectivity index (χ3v) is 4.68. The summed E-state index contributed by atoms with van der Waals surface area (Å²) in [5.41, 5.74) is 2.20. The Morgan fingerprint density at radius 1 is 1.19 bits per heavy atom. The van der Waals surface area contributed by atoms with Crippen molar-refractivity contribution in [3.63, 3.8) is 0 Å². The Labute approximate surface area is 125 Å². The zero-order valence-corrected chi connectivity index (χ0v) is 13.3. The largest absolute Gasteiger partial charge is 0.335 e. The van der Waals surface area contributed by atoms with E-state index in [1.807, 2.05) is 19.1 Å². The molecule has 1 atom stereocenters. The average Bonchev–Trinajstić information content (AvgIpc) is 2.93. The number of nitrogens with one attached hydrogen (secondary N) is 2. The van der Waals surface area contributed by atoms with E-state index in [4.69, 9.17) is 0 Å². The van der Waals surface area contributed by atoms with Crippen LogP contribution in [-0.4, -0.2) is 18.4 Å². The number of hydrogen-bond donors (Lipinski definition) is 2. The molecule has 0 aliphatic carbocycles. The van der Waals surface area contributed by atoms with Gasteiger partial charge in [-0.25, -0.2) is 18.1 Å². The summed E-state index contributed by atoms with van der Waals surface area (Å²) >= 11 is 0. The van der Waals surface area contributed by atoms with Gasteiger partial charge < -0.3 is 4.98 Å². The third-order valence-electron chi connectivity index (χ3n) is 3.22. The van der Waals surface area contributed by atoms with Crippen LogP contribution >= 0.6 is 0 Å². The highest BCUT2D eigenvalue weighted by atomic mass is 32.2. The second kappa shape index (κ2) is 6.41. The molecule has 1 heterocycles. The molecule has 0 amide bonds. The fourth-order valence-electron chi connectivity index (χ4n) is 2.17. The van der Waals surface area contributed by atoms with E-state index in [2.05, 4.69) is 40.7 Å². The van der Waals surface area contributed by atoms with Crippen molar-refractivity contribution < 1.29 is 8.42 Å². The Morgan fingerprint density at radius 3 is 2.38 bits per heavy atom. The van der Waals surface area contributed by atoms with Gasteiger partial charge in [0.25, 0.3) is 10.0 Å². The molecule has 2 aromatic rings. The van der Waals surface area contributed by atoms with Crippen molar-refractivity contribution in [1.29, 1.82) is 0 Å². The Hall–Kier alpha value is -1.66. The lowest BCUT2D eigenvalue weighted by molar-refractivity contribution is 0.563. The van der Waals surface area contributed by atoms with Crippen molar-refractivity contribution in [2.45, 2.75) is 38.3 Å². The van der Waals surface area contributed by atoms with Gasteiger partial charge in [0.15, 0.2) is 5.03 Å². The number of sulfonamides is 1. The summed E-state index contributed by atoms with van der Waals surface area (Å²) in [5.74, 6) is 0.604. The molecule has 0 fully saturated rings. The van der Waals surface area contributed by atoms with E-state index < -0.39 is 10.0 Å². The van der Waals surface area contributed by atoms with Gasteiger partial charge >= 0.3 is 0 Å². The standard InChI is InChI=1S/C15H21N3O2S/c1-11(2)8-13-4-6-14(7-5-13)12(3)18-21(19,20)15-9-16-10-17-15/h4-7,9-12,18H,8H2,1-3H3,(H,16,17). The molecule has 0 aliphatic rings. The molecular formula is C15H21N3O2S. The Kier molecular flexibility index (Phi) is 4.80. The first-order valence-corrected chi connectivity index (χ1v) is 8.46. The van der Waals surface area contributed by atoms with Gasteiger partial charge in [-0.1, -0.05) is 38.1 Å². The van der Waals surface area contributed by atoms with E-state index in [9.17, 15) is 8.42 Å². The highest BCUT2D eigenvalue weighted by Gasteiger charge is 2.19. The number of hydrogen-bond acceptors (Lipinski definition) is 3. The molecule has 6 heteroatoms. The number of aromatic amines is 1. The number of H-pyrrole nitrogens is 1. The van der Waals surface area contributed by atoms with Gasteiger partial charge in [-0.2, -0.15) is 0 Å². The highest BCUT2D eigenvalue weighted by molar-refractivity contribution is 7.89. The second-order valence-electron chi connectivity index (χ2n) is 5.60. The summed E-state index contributed by atoms with van der Waals surface area (Å²) in [6.07, 6.45) is 3.66. The zero-order chi connectivity index (χ0) is 15.5. The van der Waals surface area contributed by atoms with Gasteiger partial charge in [0.1, 0.15) is 0 Å². The number of imidazole rings is 1. The van der Waals surface area contributed by atoms with Gasteiger partial charge in [-0.05, 0) is 30.4 Å². The van der Waals surface area contributed by atoms with Crippen LogP contribution in [0, 0.1) is 5.92 Å². The van der Waals surface area contributed by atoms with Gasteiger partial charge in [-0.3, -0.25) is 0 Å². The average molecular weight is 307 g/mol. The molecule has 2 N–H and O–H groups in total. The van der Waals surface area contributed by atoms with Crippen LogP contribution in [-0.2, 0) is 16.4 Å². The molecule has 114 valence electrons. The maximum atomic E-state index is 12.1. The van der Waals surface area contributed by atoms with Crippen LogP contribution < -0.4 is 4.72 Å². The summed E-state index contributed by atoms with van der Waals surface area (Å²) < 4.78 is 26.9. The number of rotatable bonds is 6. The molecule has 5 nitrogen and oxygen atoms in total. The number of nitrogens with zero attached hydrogens (tertiary/aromatic N) is 1. The lowest BCUT2D eigenvalue weighted by Gasteiger charge is -2.14. The summed E-state index contributed by atoms with van der Waals surface area (Å²) in [6.45, 7) is 6.18. The summed E-state index contributed by atoms with van der Waals surface area (Å²) in [4.78, 5) is 6.34. The predicted molar refractivity (Wildman–Crippen MR) is 82.3 cm³/mol. The monoisotopic (exact) mass is 307 g/mol. The summed E-state index contributed by atoms with van der Waals surface area (Å²) in [7, 11) is -3.56. The molecule has 0 spiro atoms. The zero-order valence-electron chi connectivity index (χ0n) is 12.5. The predicted octanol–water partition coefficient (Wildman–Crippen LogP) is 2.65. The molecule has 1 aromatic carbocycles. The van der Waals surface area contributed by atoms with E-state index in [0.29, 0.717) is 5.92 Å². The quantitative estimate of drug-likeness (QED) is 0.861. The van der Waals surface area contributed by atoms with Crippen LogP contribution in [0.4, 0.5) is 0 Å². The lowest BCUT2D eigenvalue weighted by Crippen LogP contribution is -2.27. The van der Waals surface area contributed by atoms with Gasteiger partial charge in [0.2, 0.25) is 0 Å². The molecule has 1 aromatic heterocycles. The van der Waals surface area contributed by atoms with E-state index in [-0.39, 0.29) is 11.1 Å². The van der Waals surface area contributed by atoms with Crippen molar-refractivity contribution in [1.82, 2.24) is 14.7 Å². The first kappa shape index (κ1) is 15.7. The Balaban J connectivity index is 2.08. The molecule has 21 heavy (non-hydrogen) atoms. The molecule has 0 saturated carbocycles. The molecule has 2 rings (SSSR count). The normalized spacial score (nSPS) is 13.5. The van der Waals surface area contributed by atoms with Crippen LogP contribution in [0.3, 0.4) is 0 Å². The first-order chi connectivity index (χ1) is 9.88. The third kappa shape index (κ3) is 4.15. The first-order valence-electron chi connectivity index (χ1n) is 6.98. The van der Waals surface area contributed by atoms with Crippen LogP contribution in [0.2, 0.25) is 0 Å². The van der Waals surface area contributed by atoms with E-state index in [1.54, 1.807) is 0 Å². The van der Waals surface area contributed by atoms with Gasteiger partial charge in [0, 0.05) is 6.04 Å². The van der Waals surface area contributed by atoms with Crippen LogP contribution in [0.5, 0.6) is 0 Å². The molecule has 0 bridgehead atoms. The SMILES string of the molecule is CC(C)Cc1ccc(C(C)NS(=O)(=O)c2cnc[nH]2)cc1. The minimum Gasteiger partial charge on any atom is -0.335 e. The maximum absolute atomic E-state index is 12.1. The fraction of sp³-hybridized carbons (Fsp3) is 0.400. The van der Waals surface area contributed by atoms with Crippen molar-refractivity contribution in [2.75, 3.05) is 0 Å².